The average Bonchev–Trinajstić information content (AvgIpc) is 1.69. The van der Waals surface area contributed by atoms with E-state index in [0.29, 0.717) is 59.2 Å². The highest BCUT2D eigenvalue weighted by Gasteiger charge is 2.34. The molecule has 0 aliphatic carbocycles. The fourth-order valence-corrected chi connectivity index (χ4v) is 17.8. The second kappa shape index (κ2) is 50.0. The van der Waals surface area contributed by atoms with Gasteiger partial charge in [0.05, 0.1) is 35.8 Å². The Morgan fingerprint density at radius 1 is 0.353 bits per heavy atom. The Kier molecular flexibility index (Phi) is 37.5. The quantitative estimate of drug-likeness (QED) is 0.0180. The third-order valence-corrected chi connectivity index (χ3v) is 25.1. The van der Waals surface area contributed by atoms with Gasteiger partial charge in [0.15, 0.2) is 5.01 Å². The molecule has 0 aliphatic heterocycles. The first-order chi connectivity index (χ1) is 65.2. The van der Waals surface area contributed by atoms with Gasteiger partial charge < -0.3 is 41.4 Å². The Bertz CT molecular complexity index is 6460. The van der Waals surface area contributed by atoms with Crippen LogP contribution in [0.15, 0.2) is 255 Å². The molecule has 15 aromatic rings. The number of pyridine rings is 1. The second-order valence-electron chi connectivity index (χ2n) is 30.8. The molecule has 700 valence electrons. The molecule has 15 rings (SSSR count). The Morgan fingerprint density at radius 2 is 0.691 bits per heavy atom. The zero-order valence-corrected chi connectivity index (χ0v) is 79.2. The molecule has 0 bridgehead atoms. The highest BCUT2D eigenvalue weighted by Crippen LogP contribution is 2.39. The molecule has 6 aromatic heterocycles. The van der Waals surface area contributed by atoms with Gasteiger partial charge in [-0.05, 0) is 140 Å². The van der Waals surface area contributed by atoms with E-state index in [9.17, 15) is 55.1 Å². The van der Waals surface area contributed by atoms with Crippen LogP contribution >= 0.6 is 56.7 Å². The number of nitrogens with zero attached hydrogens (tertiary/aromatic N) is 11. The van der Waals surface area contributed by atoms with E-state index >= 15 is 0 Å². The van der Waals surface area contributed by atoms with Crippen LogP contribution in [0.1, 0.15) is 159 Å². The van der Waals surface area contributed by atoms with Crippen molar-refractivity contribution < 1.29 is 64.6 Å². The molecule has 6 N–H and O–H groups in total. The van der Waals surface area contributed by atoms with Gasteiger partial charge in [0, 0.05) is 88.3 Å². The zero-order chi connectivity index (χ0) is 97.3. The molecule has 0 saturated heterocycles. The predicted octanol–water partition coefficient (Wildman–Crippen LogP) is 20.1. The van der Waals surface area contributed by atoms with E-state index in [-0.39, 0.29) is 75.6 Å². The molecule has 5 atom stereocenters. The minimum Gasteiger partial charge on any atom is -0.406 e. The first-order valence-corrected chi connectivity index (χ1v) is 46.6. The summed E-state index contributed by atoms with van der Waals surface area (Å²) < 4.78 is 83.6. The van der Waals surface area contributed by atoms with Crippen LogP contribution in [0.5, 0.6) is 11.5 Å². The summed E-state index contributed by atoms with van der Waals surface area (Å²) in [5, 5.41) is 66.0. The number of carbonyl (C=O) groups is 6. The van der Waals surface area contributed by atoms with Crippen LogP contribution in [0.2, 0.25) is 0 Å². The summed E-state index contributed by atoms with van der Waals surface area (Å²) in [6, 6.07) is 73.4. The Labute approximate surface area is 802 Å². The van der Waals surface area contributed by atoms with Crippen molar-refractivity contribution >= 4 is 92.1 Å². The number of rotatable bonds is 30. The number of hydrogen-bond donors (Lipinski definition) is 6. The number of halogens is 6. The van der Waals surface area contributed by atoms with Crippen molar-refractivity contribution in [3.63, 3.8) is 0 Å². The lowest BCUT2D eigenvalue weighted by molar-refractivity contribution is -0.275. The summed E-state index contributed by atoms with van der Waals surface area (Å²) in [6.45, 7) is 15.4. The number of alkyl halides is 6. The molecule has 6 heterocycles. The highest BCUT2D eigenvalue weighted by atomic mass is 32.1. The van der Waals surface area contributed by atoms with Gasteiger partial charge in [-0.1, -0.05) is 275 Å². The van der Waals surface area contributed by atoms with Crippen LogP contribution in [0.3, 0.4) is 0 Å². The maximum Gasteiger partial charge on any atom is 0.573 e. The first-order valence-electron chi connectivity index (χ1n) is 42.5. The molecule has 0 aliphatic rings. The predicted molar refractivity (Wildman–Crippen MR) is 516 cm³/mol. The van der Waals surface area contributed by atoms with E-state index < -0.39 is 24.8 Å². The standard InChI is InChI=1S/C22H21F3N4O3S.C20H18F3N3O2S.C20H17N3OS.C20H21N3OS.C18H18N4OS/c1-13(30)26-12-16-8-6-15(7-9-16)10-19(27-14(2)31)21-29-28-20(33-21)17-4-3-5-18(11-17)32-22(23,24)25;1-12-7-9-14(10-8-12)11-16(24-13(2)27)19-26-25-18(29-19)15-5-3-4-6-17(15)28-20(21,22)23;1-3-15-10-7-11-17(12-15)19-22-23-20(25-19)18(21-14(2)24)13-16-8-5-4-6-9-16;1-3-15-9-11-16(12-10-15)13-18(21-14(2)24)20-23-22-19(25-20)17-7-5-4-6-8-17;1-12-5-7-14(8-6-12)10-16(20-13(2)23)18-22-21-17(24-18)15-4-3-9-19-11-15/h3-9,11,19H,10,12H2,1-2H3,(H,26,30)(H,27,31);3-10,16H,11H2,1-2H3,(H,24,27);1,4-12,18H,13H2,2H3,(H,21,24);4-12,18H,3,13H2,1-2H3,(H,21,24);3-9,11,16H,10H2,1-2H3,(H,20,23). The van der Waals surface area contributed by atoms with Crippen LogP contribution in [-0.4, -0.2) is 104 Å². The maximum absolute atomic E-state index is 12.7. The van der Waals surface area contributed by atoms with Crippen LogP contribution in [-0.2, 0) is 73.8 Å². The lowest BCUT2D eigenvalue weighted by Gasteiger charge is -2.15. The van der Waals surface area contributed by atoms with E-state index in [1.807, 2.05) is 153 Å². The van der Waals surface area contributed by atoms with Crippen molar-refractivity contribution in [2.75, 3.05) is 0 Å². The molecule has 25 nitrogen and oxygen atoms in total. The summed E-state index contributed by atoms with van der Waals surface area (Å²) in [5.74, 6) is 1.09. The van der Waals surface area contributed by atoms with Crippen LogP contribution in [0, 0.1) is 26.2 Å². The van der Waals surface area contributed by atoms with E-state index in [1.165, 1.54) is 140 Å². The smallest absolute Gasteiger partial charge is 0.406 e. The molecule has 9 aromatic carbocycles. The van der Waals surface area contributed by atoms with Crippen molar-refractivity contribution in [1.82, 2.24) is 87.9 Å². The molecular weight excluding hydrogens is 1840 g/mol. The summed E-state index contributed by atoms with van der Waals surface area (Å²) >= 11 is 6.77. The number of nitrogens with one attached hydrogen (secondary N) is 6. The lowest BCUT2D eigenvalue weighted by Crippen LogP contribution is -2.27. The third kappa shape index (κ3) is 33.3. The minimum absolute atomic E-state index is 0.0633. The van der Waals surface area contributed by atoms with Gasteiger partial charge in [-0.15, -0.1) is 83.8 Å². The van der Waals surface area contributed by atoms with E-state index in [4.69, 9.17) is 6.42 Å². The van der Waals surface area contributed by atoms with Crippen LogP contribution in [0.4, 0.5) is 26.3 Å². The lowest BCUT2D eigenvalue weighted by atomic mass is 10.0. The monoisotopic (exact) mass is 1940 g/mol. The Morgan fingerprint density at radius 3 is 1.09 bits per heavy atom. The summed E-state index contributed by atoms with van der Waals surface area (Å²) in [4.78, 5) is 73.4. The van der Waals surface area contributed by atoms with Gasteiger partial charge in [-0.2, -0.15) is 0 Å². The number of aromatic nitrogens is 11. The molecular formula is C100H95F6N17O8S5. The van der Waals surface area contributed by atoms with Crippen LogP contribution < -0.4 is 41.4 Å². The fraction of sp³-hybridized carbons (Fsp3) is 0.230. The molecule has 36 heteroatoms. The van der Waals surface area contributed by atoms with Crippen molar-refractivity contribution in [2.24, 2.45) is 0 Å². The topological polar surface area (TPSA) is 335 Å². The van der Waals surface area contributed by atoms with E-state index in [2.05, 4.69) is 166 Å². The molecule has 136 heavy (non-hydrogen) atoms. The Hall–Kier alpha value is -14.5. The fourth-order valence-electron chi connectivity index (χ4n) is 13.3. The zero-order valence-electron chi connectivity index (χ0n) is 75.2. The normalized spacial score (nSPS) is 12.0. The van der Waals surface area contributed by atoms with Gasteiger partial charge in [0.25, 0.3) is 0 Å². The number of benzene rings is 9. The largest absolute Gasteiger partial charge is 0.573 e. The average molecular weight is 1940 g/mol. The van der Waals surface area contributed by atoms with Crippen molar-refractivity contribution in [3.05, 3.63) is 336 Å². The number of hydrogen-bond acceptors (Lipinski definition) is 24. The van der Waals surface area contributed by atoms with Crippen molar-refractivity contribution in [2.45, 2.75) is 150 Å². The number of amides is 6. The van der Waals surface area contributed by atoms with Gasteiger partial charge in [0.2, 0.25) is 35.4 Å². The second-order valence-corrected chi connectivity index (χ2v) is 35.9. The highest BCUT2D eigenvalue weighted by molar-refractivity contribution is 7.16. The molecule has 0 saturated carbocycles. The summed E-state index contributed by atoms with van der Waals surface area (Å²) in [7, 11) is 0. The van der Waals surface area contributed by atoms with Crippen molar-refractivity contribution in [1.29, 1.82) is 0 Å². The summed E-state index contributed by atoms with van der Waals surface area (Å²) in [5.41, 5.74) is 14.3. The summed E-state index contributed by atoms with van der Waals surface area (Å²) in [6.07, 6.45) is 3.33. The van der Waals surface area contributed by atoms with E-state index in [1.54, 1.807) is 24.5 Å². The SMILES string of the molecule is C#Cc1cccc(-c2nnc(C(Cc3ccccc3)NC(C)=O)s2)c1.CC(=O)NC(Cc1ccc(C)cc1)c1nnc(-c2ccccc2OC(F)(F)F)s1.CC(=O)NC(Cc1ccc(C)cc1)c1nnc(-c2cccnc2)s1.CC(=O)NCc1ccc(CC(NC(C)=O)c2nnc(-c3cccc(OC(F)(F)F)c3)s2)cc1.CCc1ccc(CC(NC(C)=O)c2nnc(-c3ccccc3)s2)cc1. The number of aryl methyl sites for hydroxylation is 3. The van der Waals surface area contributed by atoms with Gasteiger partial charge in [-0.25, -0.2) is 0 Å². The molecule has 5 unspecified atom stereocenters. The maximum atomic E-state index is 12.7. The Balaban J connectivity index is 0.000000164. The van der Waals surface area contributed by atoms with Gasteiger partial charge in [0.1, 0.15) is 56.6 Å². The first kappa shape index (κ1) is 102. The van der Waals surface area contributed by atoms with Gasteiger partial charge >= 0.3 is 12.7 Å². The number of terminal acetylenes is 1. The molecule has 0 fully saturated rings. The number of ether oxygens (including phenoxy) is 2. The van der Waals surface area contributed by atoms with Gasteiger partial charge in [-0.3, -0.25) is 33.8 Å². The number of carbonyl (C=O) groups excluding carboxylic acids is 6. The van der Waals surface area contributed by atoms with Crippen molar-refractivity contribution in [3.8, 4) is 76.7 Å². The van der Waals surface area contributed by atoms with E-state index in [0.717, 1.165) is 103 Å². The molecule has 0 radical (unpaired) electrons. The molecule has 6 amide bonds. The van der Waals surface area contributed by atoms with Crippen LogP contribution in [0.25, 0.3) is 52.9 Å². The number of para-hydroxylation sites is 1. The molecule has 0 spiro atoms. The minimum atomic E-state index is -4.81. The third-order valence-electron chi connectivity index (χ3n) is 19.7.